The molecule has 0 aliphatic carbocycles. The summed E-state index contributed by atoms with van der Waals surface area (Å²) in [6, 6.07) is 5.47. The lowest BCUT2D eigenvalue weighted by atomic mass is 10.3. The Labute approximate surface area is 138 Å². The first-order valence-electron chi connectivity index (χ1n) is 6.75. The van der Waals surface area contributed by atoms with E-state index in [1.165, 1.54) is 22.5 Å². The van der Waals surface area contributed by atoms with Gasteiger partial charge in [0.2, 0.25) is 0 Å². The van der Waals surface area contributed by atoms with Gasteiger partial charge >= 0.3 is 0 Å². The van der Waals surface area contributed by atoms with Gasteiger partial charge in [0.05, 0.1) is 6.20 Å². The molecule has 0 unspecified atom stereocenters. The van der Waals surface area contributed by atoms with Gasteiger partial charge in [0.1, 0.15) is 9.92 Å². The minimum Gasteiger partial charge on any atom is -0.365 e. The summed E-state index contributed by atoms with van der Waals surface area (Å²) < 4.78 is 26.0. The van der Waals surface area contributed by atoms with Gasteiger partial charge in [0.25, 0.3) is 0 Å². The number of anilines is 1. The fourth-order valence-corrected chi connectivity index (χ4v) is 4.26. The molecule has 9 heteroatoms. The quantitative estimate of drug-likeness (QED) is 0.555. The molecule has 0 aliphatic heterocycles. The maximum absolute atomic E-state index is 12.3. The van der Waals surface area contributed by atoms with Crippen molar-refractivity contribution in [1.29, 1.82) is 0 Å². The third-order valence-corrected chi connectivity index (χ3v) is 5.17. The first-order valence-corrected chi connectivity index (χ1v) is 9.87. The molecule has 0 aliphatic rings. The minimum atomic E-state index is -3.47. The number of hydrogen-bond acceptors (Lipinski definition) is 7. The highest BCUT2D eigenvalue weighted by Crippen LogP contribution is 2.31. The van der Waals surface area contributed by atoms with E-state index in [4.69, 9.17) is 0 Å². The molecular weight excluding hydrogens is 334 g/mol. The van der Waals surface area contributed by atoms with Gasteiger partial charge in [-0.1, -0.05) is 0 Å². The van der Waals surface area contributed by atoms with E-state index >= 15 is 0 Å². The molecule has 3 rings (SSSR count). The van der Waals surface area contributed by atoms with E-state index in [0.717, 1.165) is 5.56 Å². The van der Waals surface area contributed by atoms with E-state index in [1.807, 2.05) is 12.1 Å². The number of nitrogens with one attached hydrogen (secondary N) is 1. The molecule has 23 heavy (non-hydrogen) atoms. The molecule has 1 N–H and O–H groups in total. The third-order valence-electron chi connectivity index (χ3n) is 3.23. The molecule has 0 bridgehead atoms. The zero-order valence-corrected chi connectivity index (χ0v) is 14.2. The lowest BCUT2D eigenvalue weighted by Crippen LogP contribution is -2.14. The van der Waals surface area contributed by atoms with Crippen LogP contribution in [0.3, 0.4) is 0 Å². The van der Waals surface area contributed by atoms with E-state index in [-0.39, 0.29) is 4.90 Å². The van der Waals surface area contributed by atoms with Gasteiger partial charge in [0, 0.05) is 31.3 Å². The van der Waals surface area contributed by atoms with Crippen molar-refractivity contribution in [3.63, 3.8) is 0 Å². The van der Waals surface area contributed by atoms with Crippen LogP contribution in [-0.2, 0) is 16.4 Å². The molecule has 0 fully saturated rings. The number of pyridine rings is 1. The molecule has 3 aromatic rings. The van der Waals surface area contributed by atoms with Crippen LogP contribution in [-0.4, -0.2) is 40.5 Å². The Hall–Kier alpha value is -2.13. The third kappa shape index (κ3) is 3.15. The lowest BCUT2D eigenvalue weighted by molar-refractivity contribution is 0.597. The summed E-state index contributed by atoms with van der Waals surface area (Å²) in [5, 5.41) is 7.82. The molecule has 0 atom stereocenters. The molecular formula is C14H15N5O2S2. The zero-order valence-electron chi connectivity index (χ0n) is 12.6. The maximum atomic E-state index is 12.3. The molecule has 0 aromatic carbocycles. The Morgan fingerprint density at radius 2 is 1.96 bits per heavy atom. The summed E-state index contributed by atoms with van der Waals surface area (Å²) in [6.07, 6.45) is 7.96. The highest BCUT2D eigenvalue weighted by Gasteiger charge is 2.23. The van der Waals surface area contributed by atoms with E-state index in [1.54, 1.807) is 30.9 Å². The molecule has 0 saturated heterocycles. The molecule has 3 aromatic heterocycles. The van der Waals surface area contributed by atoms with E-state index in [9.17, 15) is 8.42 Å². The number of thioether (sulfide) groups is 1. The smallest absolute Gasteiger partial charge is 0.181 e. The van der Waals surface area contributed by atoms with Crippen LogP contribution < -0.4 is 5.32 Å². The summed E-state index contributed by atoms with van der Waals surface area (Å²) >= 11 is 1.29. The van der Waals surface area contributed by atoms with Crippen molar-refractivity contribution in [2.24, 2.45) is 0 Å². The Morgan fingerprint density at radius 3 is 2.61 bits per heavy atom. The van der Waals surface area contributed by atoms with Crippen molar-refractivity contribution in [2.75, 3.05) is 17.8 Å². The predicted octanol–water partition coefficient (Wildman–Crippen LogP) is 1.86. The van der Waals surface area contributed by atoms with Gasteiger partial charge in [-0.15, -0.1) is 11.8 Å². The second-order valence-electron chi connectivity index (χ2n) is 4.88. The topological polar surface area (TPSA) is 89.2 Å². The van der Waals surface area contributed by atoms with Crippen molar-refractivity contribution >= 4 is 33.1 Å². The monoisotopic (exact) mass is 349 g/mol. The van der Waals surface area contributed by atoms with Crippen LogP contribution in [0, 0.1) is 0 Å². The number of hydrogen-bond donors (Lipinski definition) is 1. The highest BCUT2D eigenvalue weighted by atomic mass is 32.2. The number of nitrogens with zero attached hydrogens (tertiary/aromatic N) is 4. The summed E-state index contributed by atoms with van der Waals surface area (Å²) in [6.45, 7) is 0.456. The van der Waals surface area contributed by atoms with Gasteiger partial charge in [0.15, 0.2) is 21.3 Å². The average Bonchev–Trinajstić information content (AvgIpc) is 3.00. The minimum absolute atomic E-state index is 0.162. The Kier molecular flexibility index (Phi) is 4.22. The van der Waals surface area contributed by atoms with E-state index < -0.39 is 9.84 Å². The van der Waals surface area contributed by atoms with E-state index in [2.05, 4.69) is 20.4 Å². The van der Waals surface area contributed by atoms with Crippen molar-refractivity contribution < 1.29 is 8.42 Å². The summed E-state index contributed by atoms with van der Waals surface area (Å²) in [5.74, 6) is 0.420. The largest absolute Gasteiger partial charge is 0.365 e. The molecule has 3 heterocycles. The van der Waals surface area contributed by atoms with Crippen molar-refractivity contribution in [1.82, 2.24) is 19.6 Å². The van der Waals surface area contributed by atoms with Crippen LogP contribution >= 0.6 is 11.8 Å². The number of aromatic nitrogens is 4. The van der Waals surface area contributed by atoms with Crippen LogP contribution in [0.25, 0.3) is 5.65 Å². The second kappa shape index (κ2) is 6.17. The van der Waals surface area contributed by atoms with Crippen LogP contribution in [0.2, 0.25) is 0 Å². The normalized spacial score (nSPS) is 11.7. The molecule has 7 nitrogen and oxygen atoms in total. The van der Waals surface area contributed by atoms with Crippen LogP contribution in [0.5, 0.6) is 0 Å². The van der Waals surface area contributed by atoms with Gasteiger partial charge < -0.3 is 5.32 Å². The van der Waals surface area contributed by atoms with Gasteiger partial charge in [-0.25, -0.2) is 13.4 Å². The summed E-state index contributed by atoms with van der Waals surface area (Å²) in [7, 11) is -3.47. The van der Waals surface area contributed by atoms with Gasteiger partial charge in [-0.3, -0.25) is 4.98 Å². The maximum Gasteiger partial charge on any atom is 0.181 e. The molecule has 0 saturated carbocycles. The van der Waals surface area contributed by atoms with Crippen molar-refractivity contribution in [2.45, 2.75) is 16.5 Å². The predicted molar refractivity (Wildman–Crippen MR) is 89.4 cm³/mol. The highest BCUT2D eigenvalue weighted by molar-refractivity contribution is 7.99. The van der Waals surface area contributed by atoms with Gasteiger partial charge in [-0.05, 0) is 24.0 Å². The summed E-state index contributed by atoms with van der Waals surface area (Å²) in [4.78, 5) is 8.50. The fraction of sp³-hybridized carbons (Fsp3) is 0.214. The van der Waals surface area contributed by atoms with Crippen LogP contribution in [0.15, 0.2) is 46.7 Å². The van der Waals surface area contributed by atoms with Crippen molar-refractivity contribution in [3.05, 3.63) is 42.4 Å². The Bertz CT molecular complexity index is 938. The van der Waals surface area contributed by atoms with Crippen LogP contribution in [0.1, 0.15) is 5.56 Å². The number of sulfone groups is 1. The lowest BCUT2D eigenvalue weighted by Gasteiger charge is -2.15. The molecule has 0 spiro atoms. The zero-order chi connectivity index (χ0) is 16.4. The fourth-order valence-electron chi connectivity index (χ4n) is 2.22. The first kappa shape index (κ1) is 15.8. The SMILES string of the molecule is CSc1nc2ccnn2c(NCc2ccncc2)c1S(C)(=O)=O. The molecule has 0 radical (unpaired) electrons. The first-order chi connectivity index (χ1) is 11.0. The van der Waals surface area contributed by atoms with Crippen molar-refractivity contribution in [3.8, 4) is 0 Å². The van der Waals surface area contributed by atoms with E-state index in [0.29, 0.717) is 23.0 Å². The Balaban J connectivity index is 2.14. The average molecular weight is 349 g/mol. The molecule has 120 valence electrons. The number of fused-ring (bicyclic) bond motifs is 1. The standard InChI is InChI=1S/C14H15N5O2S2/c1-22-14-12(23(2,20)21)13(19-11(18-14)5-8-17-19)16-9-10-3-6-15-7-4-10/h3-8,16H,9H2,1-2H3. The number of rotatable bonds is 5. The Morgan fingerprint density at radius 1 is 1.22 bits per heavy atom. The molecule has 0 amide bonds. The summed E-state index contributed by atoms with van der Waals surface area (Å²) in [5.41, 5.74) is 1.58. The van der Waals surface area contributed by atoms with Gasteiger partial charge in [-0.2, -0.15) is 9.61 Å². The van der Waals surface area contributed by atoms with Crippen LogP contribution in [0.4, 0.5) is 5.82 Å². The second-order valence-corrected chi connectivity index (χ2v) is 7.63.